The lowest BCUT2D eigenvalue weighted by molar-refractivity contribution is -0.129. The summed E-state index contributed by atoms with van der Waals surface area (Å²) in [5, 5.41) is 8.68. The van der Waals surface area contributed by atoms with Crippen LogP contribution in [0.5, 0.6) is 0 Å². The lowest BCUT2D eigenvalue weighted by atomic mass is 10.2. The van der Waals surface area contributed by atoms with Gasteiger partial charge in [0.25, 0.3) is 0 Å². The quantitative estimate of drug-likeness (QED) is 0.555. The van der Waals surface area contributed by atoms with Crippen LogP contribution in [-0.4, -0.2) is 30.4 Å². The van der Waals surface area contributed by atoms with Gasteiger partial charge in [-0.25, -0.2) is 4.79 Å². The molecule has 0 rings (SSSR count). The smallest absolute Gasteiger partial charge is 0.354 e. The van der Waals surface area contributed by atoms with E-state index in [2.05, 4.69) is 4.99 Å². The third-order valence-corrected chi connectivity index (χ3v) is 1.45. The van der Waals surface area contributed by atoms with E-state index in [0.29, 0.717) is 12.2 Å². The summed E-state index contributed by atoms with van der Waals surface area (Å²) in [4.78, 5) is 14.2. The maximum atomic E-state index is 10.6. The van der Waals surface area contributed by atoms with Crippen LogP contribution >= 0.6 is 0 Å². The second-order valence-electron chi connectivity index (χ2n) is 2.30. The molecule has 0 radical (unpaired) electrons. The van der Waals surface area contributed by atoms with Gasteiger partial charge < -0.3 is 15.6 Å². The van der Waals surface area contributed by atoms with Gasteiger partial charge in [-0.05, 0) is 13.8 Å². The van der Waals surface area contributed by atoms with Crippen molar-refractivity contribution in [3.8, 4) is 0 Å². The molecule has 0 aliphatic heterocycles. The van der Waals surface area contributed by atoms with Crippen molar-refractivity contribution >= 4 is 11.7 Å². The number of nitrogens with zero attached hydrogens (tertiary/aromatic N) is 1. The first kappa shape index (κ1) is 15.9. The summed E-state index contributed by atoms with van der Waals surface area (Å²) in [6.45, 7) is 7.73. The normalized spacial score (nSPS) is 12.2. The Hall–Kier alpha value is -1.52. The molecule has 0 saturated carbocycles. The highest BCUT2D eigenvalue weighted by atomic mass is 16.5. The summed E-state index contributed by atoms with van der Waals surface area (Å²) in [7, 11) is 1.40. The molecule has 15 heavy (non-hydrogen) atoms. The first-order chi connectivity index (χ1) is 7.04. The highest BCUT2D eigenvalue weighted by Gasteiger charge is 2.14. The zero-order valence-corrected chi connectivity index (χ0v) is 10.00. The number of aliphatic imine (C=N–C) groups is 1. The van der Waals surface area contributed by atoms with Crippen molar-refractivity contribution in [1.82, 2.24) is 0 Å². The zero-order chi connectivity index (χ0) is 12.4. The Morgan fingerprint density at radius 1 is 1.53 bits per heavy atom. The molecule has 3 N–H and O–H groups in total. The first-order valence-electron chi connectivity index (χ1n) is 4.84. The van der Waals surface area contributed by atoms with E-state index in [1.807, 2.05) is 13.8 Å². The van der Waals surface area contributed by atoms with Crippen molar-refractivity contribution in [1.29, 1.82) is 0 Å². The molecule has 0 unspecified atom stereocenters. The van der Waals surface area contributed by atoms with Crippen LogP contribution in [0.15, 0.2) is 16.4 Å². The van der Waals surface area contributed by atoms with Gasteiger partial charge >= 0.3 is 5.97 Å². The fourth-order valence-corrected chi connectivity index (χ4v) is 0.804. The molecular formula is C10H22N2O3. The number of aliphatic carboxylic acids is 1. The van der Waals surface area contributed by atoms with Crippen molar-refractivity contribution in [3.63, 3.8) is 0 Å². The van der Waals surface area contributed by atoms with Gasteiger partial charge in [0.2, 0.25) is 0 Å². The van der Waals surface area contributed by atoms with E-state index in [1.165, 1.54) is 7.05 Å². The van der Waals surface area contributed by atoms with E-state index in [9.17, 15) is 4.79 Å². The minimum absolute atomic E-state index is 0. The molecule has 90 valence electrons. The maximum absolute atomic E-state index is 10.6. The lowest BCUT2D eigenvalue weighted by Crippen LogP contribution is -2.19. The molecule has 0 heterocycles. The number of carbonyl (C=O) groups is 1. The monoisotopic (exact) mass is 218 g/mol. The molecule has 0 aromatic carbocycles. The van der Waals surface area contributed by atoms with Crippen molar-refractivity contribution in [2.75, 3.05) is 13.7 Å². The minimum atomic E-state index is -1.11. The third kappa shape index (κ3) is 5.72. The largest absolute Gasteiger partial charge is 0.479 e. The van der Waals surface area contributed by atoms with Crippen LogP contribution in [-0.2, 0) is 9.53 Å². The van der Waals surface area contributed by atoms with E-state index in [1.54, 1.807) is 13.8 Å². The van der Waals surface area contributed by atoms with Crippen molar-refractivity contribution in [2.24, 2.45) is 10.7 Å². The molecule has 5 nitrogen and oxygen atoms in total. The molecule has 0 fully saturated rings. The van der Waals surface area contributed by atoms with Crippen LogP contribution in [0.4, 0.5) is 0 Å². The van der Waals surface area contributed by atoms with Crippen molar-refractivity contribution in [2.45, 2.75) is 27.7 Å². The summed E-state index contributed by atoms with van der Waals surface area (Å²) in [6.07, 6.45) is 0. The Bertz CT molecular complexity index is 263. The molecule has 0 amide bonds. The first-order valence-corrected chi connectivity index (χ1v) is 4.84. The molecule has 0 aromatic rings. The Labute approximate surface area is 92.1 Å². The van der Waals surface area contributed by atoms with Gasteiger partial charge in [-0.3, -0.25) is 4.99 Å². The number of nitrogens with two attached hydrogens (primary N) is 1. The van der Waals surface area contributed by atoms with E-state index < -0.39 is 5.97 Å². The molecule has 0 aliphatic carbocycles. The Morgan fingerprint density at radius 2 is 2.00 bits per heavy atom. The Balaban J connectivity index is -0.000000529. The summed E-state index contributed by atoms with van der Waals surface area (Å²) in [6, 6.07) is 0. The van der Waals surface area contributed by atoms with Gasteiger partial charge in [-0.2, -0.15) is 0 Å². The van der Waals surface area contributed by atoms with Crippen LogP contribution < -0.4 is 5.73 Å². The van der Waals surface area contributed by atoms with Crippen LogP contribution in [0.2, 0.25) is 0 Å². The molecule has 0 aromatic heterocycles. The van der Waals surface area contributed by atoms with Crippen LogP contribution in [0.3, 0.4) is 0 Å². The second-order valence-corrected chi connectivity index (χ2v) is 2.30. The molecule has 5 heteroatoms. The number of ether oxygens (including phenoxy) is 1. The van der Waals surface area contributed by atoms with Crippen LogP contribution in [0, 0.1) is 0 Å². The van der Waals surface area contributed by atoms with Gasteiger partial charge in [-0.1, -0.05) is 13.8 Å². The summed E-state index contributed by atoms with van der Waals surface area (Å²) >= 11 is 0. The molecule has 0 bridgehead atoms. The standard InChI is InChI=1S/C8H14N2O3.C2H6.H2/c1-4-13-7(9)5(2)6(10-3)8(11)12;1-2;/h4,9H2,1-3H3,(H,11,12);1-2H3;1H/b7-5+,10-6?;;. The van der Waals surface area contributed by atoms with Gasteiger partial charge in [0.1, 0.15) is 0 Å². The Morgan fingerprint density at radius 3 is 2.27 bits per heavy atom. The average Bonchev–Trinajstić information content (AvgIpc) is 2.21. The predicted molar refractivity (Wildman–Crippen MR) is 63.0 cm³/mol. The average molecular weight is 218 g/mol. The number of carboxylic acids is 1. The SMILES string of the molecule is CC.CCO/C(N)=C(\C)C(=NC)C(=O)O.[HH]. The summed E-state index contributed by atoms with van der Waals surface area (Å²) < 4.78 is 4.95. The highest BCUT2D eigenvalue weighted by Crippen LogP contribution is 2.03. The van der Waals surface area contributed by atoms with E-state index in [-0.39, 0.29) is 13.0 Å². The fraction of sp³-hybridized carbons (Fsp3) is 0.600. The zero-order valence-electron chi connectivity index (χ0n) is 10.00. The Kier molecular flexibility index (Phi) is 9.61. The third-order valence-electron chi connectivity index (χ3n) is 1.45. The van der Waals surface area contributed by atoms with E-state index in [4.69, 9.17) is 15.6 Å². The molecule has 0 spiro atoms. The number of carboxylic acid groups (broad SMARTS) is 1. The number of hydrogen-bond acceptors (Lipinski definition) is 4. The van der Waals surface area contributed by atoms with Crippen LogP contribution in [0.1, 0.15) is 29.1 Å². The van der Waals surface area contributed by atoms with E-state index >= 15 is 0 Å². The van der Waals surface area contributed by atoms with Gasteiger partial charge in [-0.15, -0.1) is 0 Å². The van der Waals surface area contributed by atoms with Crippen molar-refractivity contribution in [3.05, 3.63) is 11.5 Å². The van der Waals surface area contributed by atoms with Gasteiger partial charge in [0, 0.05) is 14.0 Å². The minimum Gasteiger partial charge on any atom is -0.479 e. The number of rotatable bonds is 4. The predicted octanol–water partition coefficient (Wildman–Crippen LogP) is 1.64. The molecule has 0 aliphatic rings. The van der Waals surface area contributed by atoms with Gasteiger partial charge in [0.05, 0.1) is 6.61 Å². The topological polar surface area (TPSA) is 84.9 Å². The highest BCUT2D eigenvalue weighted by molar-refractivity contribution is 6.42. The lowest BCUT2D eigenvalue weighted by Gasteiger charge is -2.07. The fourth-order valence-electron chi connectivity index (χ4n) is 0.804. The summed E-state index contributed by atoms with van der Waals surface area (Å²) in [5.41, 5.74) is 5.72. The van der Waals surface area contributed by atoms with Crippen LogP contribution in [0.25, 0.3) is 0 Å². The molecule has 0 saturated heterocycles. The van der Waals surface area contributed by atoms with E-state index in [0.717, 1.165) is 0 Å². The van der Waals surface area contributed by atoms with Crippen molar-refractivity contribution < 1.29 is 16.1 Å². The van der Waals surface area contributed by atoms with Gasteiger partial charge in [0.15, 0.2) is 11.6 Å². The molecular weight excluding hydrogens is 196 g/mol. The number of hydrogen-bond donors (Lipinski definition) is 2. The maximum Gasteiger partial charge on any atom is 0.354 e. The second kappa shape index (κ2) is 9.05. The molecule has 0 atom stereocenters. The summed E-state index contributed by atoms with van der Waals surface area (Å²) in [5.74, 6) is -1.01.